The number of halogens is 1. The molecule has 1 fully saturated rings. The highest BCUT2D eigenvalue weighted by Gasteiger charge is 2.29. The average molecular weight is 208 g/mol. The van der Waals surface area contributed by atoms with Crippen LogP contribution in [0.3, 0.4) is 0 Å². The molecule has 2 N–H and O–H groups in total. The van der Waals surface area contributed by atoms with E-state index in [0.717, 1.165) is 0 Å². The van der Waals surface area contributed by atoms with E-state index in [0.29, 0.717) is 5.56 Å². The molecule has 1 aliphatic heterocycles. The molecule has 0 saturated carbocycles. The van der Waals surface area contributed by atoms with Gasteiger partial charge in [-0.05, 0) is 11.6 Å². The Balaban J connectivity index is 2.13. The van der Waals surface area contributed by atoms with Gasteiger partial charge in [0.05, 0.1) is 0 Å². The van der Waals surface area contributed by atoms with Crippen molar-refractivity contribution >= 4 is 11.9 Å². The maximum absolute atomic E-state index is 13.2. The molecule has 0 aromatic heterocycles. The summed E-state index contributed by atoms with van der Waals surface area (Å²) in [6, 6.07) is 4.98. The van der Waals surface area contributed by atoms with Crippen molar-refractivity contribution in [2.75, 3.05) is 0 Å². The molecule has 1 unspecified atom stereocenters. The van der Waals surface area contributed by atoms with Crippen molar-refractivity contribution in [2.24, 2.45) is 0 Å². The first-order valence-corrected chi connectivity index (χ1v) is 4.51. The average Bonchev–Trinajstić information content (AvgIpc) is 2.49. The Morgan fingerprint density at radius 3 is 2.60 bits per heavy atom. The van der Waals surface area contributed by atoms with Gasteiger partial charge in [-0.25, -0.2) is 9.18 Å². The fraction of sp³-hybridized carbons (Fsp3) is 0.200. The number of carbonyl (C=O) groups excluding carboxylic acids is 2. The number of benzene rings is 1. The van der Waals surface area contributed by atoms with E-state index in [1.165, 1.54) is 6.07 Å². The Kier molecular flexibility index (Phi) is 2.37. The van der Waals surface area contributed by atoms with Gasteiger partial charge in [-0.3, -0.25) is 10.1 Å². The minimum Gasteiger partial charge on any atom is -0.326 e. The number of rotatable bonds is 2. The standard InChI is InChI=1S/C10H9FN2O2/c11-7-4-2-1-3-6(7)5-8-9(14)13-10(15)12-8/h1-4,8H,5H2,(H2,12,13,14,15). The van der Waals surface area contributed by atoms with Gasteiger partial charge in [-0.15, -0.1) is 0 Å². The lowest BCUT2D eigenvalue weighted by molar-refractivity contribution is -0.120. The molecule has 1 aliphatic rings. The van der Waals surface area contributed by atoms with Gasteiger partial charge in [-0.2, -0.15) is 0 Å². The number of nitrogens with one attached hydrogen (secondary N) is 2. The molecule has 1 saturated heterocycles. The number of imide groups is 1. The molecule has 1 aromatic rings. The molecule has 0 aliphatic carbocycles. The number of urea groups is 1. The molecular weight excluding hydrogens is 199 g/mol. The Bertz CT molecular complexity index is 420. The SMILES string of the molecule is O=C1NC(=O)C(Cc2ccccc2F)N1. The van der Waals surface area contributed by atoms with Crippen LogP contribution in [0.15, 0.2) is 24.3 Å². The Hall–Kier alpha value is -1.91. The predicted octanol–water partition coefficient (Wildman–Crippen LogP) is 0.576. The van der Waals surface area contributed by atoms with Gasteiger partial charge < -0.3 is 5.32 Å². The normalized spacial score (nSPS) is 19.9. The van der Waals surface area contributed by atoms with E-state index in [1.54, 1.807) is 18.2 Å². The second-order valence-electron chi connectivity index (χ2n) is 3.31. The van der Waals surface area contributed by atoms with Crippen LogP contribution in [0.5, 0.6) is 0 Å². The molecule has 1 aromatic carbocycles. The van der Waals surface area contributed by atoms with E-state index in [9.17, 15) is 14.0 Å². The third-order valence-electron chi connectivity index (χ3n) is 2.24. The highest BCUT2D eigenvalue weighted by atomic mass is 19.1. The van der Waals surface area contributed by atoms with E-state index in [4.69, 9.17) is 0 Å². The second-order valence-corrected chi connectivity index (χ2v) is 3.31. The lowest BCUT2D eigenvalue weighted by Gasteiger charge is -2.07. The lowest BCUT2D eigenvalue weighted by atomic mass is 10.1. The first kappa shape index (κ1) is 9.64. The summed E-state index contributed by atoms with van der Waals surface area (Å²) < 4.78 is 13.2. The van der Waals surface area contributed by atoms with Crippen LogP contribution >= 0.6 is 0 Å². The van der Waals surface area contributed by atoms with Crippen molar-refractivity contribution in [1.29, 1.82) is 0 Å². The summed E-state index contributed by atoms with van der Waals surface area (Å²) in [5, 5.41) is 4.51. The number of hydrogen-bond donors (Lipinski definition) is 2. The van der Waals surface area contributed by atoms with E-state index >= 15 is 0 Å². The van der Waals surface area contributed by atoms with E-state index in [2.05, 4.69) is 10.6 Å². The van der Waals surface area contributed by atoms with E-state index < -0.39 is 18.0 Å². The molecular formula is C10H9FN2O2. The number of amides is 3. The summed E-state index contributed by atoms with van der Waals surface area (Å²) in [6.07, 6.45) is 0.171. The molecule has 78 valence electrons. The molecule has 1 atom stereocenters. The molecule has 4 nitrogen and oxygen atoms in total. The van der Waals surface area contributed by atoms with Crippen molar-refractivity contribution in [3.05, 3.63) is 35.6 Å². The Labute approximate surface area is 85.5 Å². The van der Waals surface area contributed by atoms with Crippen LogP contribution in [0.2, 0.25) is 0 Å². The van der Waals surface area contributed by atoms with Gasteiger partial charge in [0, 0.05) is 6.42 Å². The lowest BCUT2D eigenvalue weighted by Crippen LogP contribution is -2.31. The largest absolute Gasteiger partial charge is 0.326 e. The summed E-state index contributed by atoms with van der Waals surface area (Å²) in [5.74, 6) is -0.783. The Morgan fingerprint density at radius 1 is 1.27 bits per heavy atom. The van der Waals surface area contributed by atoms with Crippen LogP contribution in [0.1, 0.15) is 5.56 Å². The van der Waals surface area contributed by atoms with Gasteiger partial charge in [0.15, 0.2) is 0 Å². The first-order valence-electron chi connectivity index (χ1n) is 4.51. The van der Waals surface area contributed by atoms with Gasteiger partial charge in [0.1, 0.15) is 11.9 Å². The zero-order valence-corrected chi connectivity index (χ0v) is 7.79. The van der Waals surface area contributed by atoms with Crippen molar-refractivity contribution in [3.63, 3.8) is 0 Å². The third kappa shape index (κ3) is 1.96. The van der Waals surface area contributed by atoms with Crippen LogP contribution < -0.4 is 10.6 Å². The van der Waals surface area contributed by atoms with Crippen LogP contribution in [0.4, 0.5) is 9.18 Å². The molecule has 5 heteroatoms. The second kappa shape index (κ2) is 3.68. The smallest absolute Gasteiger partial charge is 0.322 e. The maximum Gasteiger partial charge on any atom is 0.322 e. The summed E-state index contributed by atoms with van der Waals surface area (Å²) in [7, 11) is 0. The van der Waals surface area contributed by atoms with Gasteiger partial charge >= 0.3 is 6.03 Å². The van der Waals surface area contributed by atoms with Crippen molar-refractivity contribution in [1.82, 2.24) is 10.6 Å². The fourth-order valence-corrected chi connectivity index (χ4v) is 1.49. The monoisotopic (exact) mass is 208 g/mol. The summed E-state index contributed by atoms with van der Waals surface area (Å²) >= 11 is 0. The molecule has 0 spiro atoms. The van der Waals surface area contributed by atoms with Gasteiger partial charge in [0.25, 0.3) is 5.91 Å². The van der Waals surface area contributed by atoms with E-state index in [1.807, 2.05) is 0 Å². The molecule has 3 amide bonds. The number of carbonyl (C=O) groups is 2. The van der Waals surface area contributed by atoms with Crippen LogP contribution in [-0.2, 0) is 11.2 Å². The summed E-state index contributed by atoms with van der Waals surface area (Å²) in [5.41, 5.74) is 0.417. The topological polar surface area (TPSA) is 58.2 Å². The van der Waals surface area contributed by atoms with Crippen molar-refractivity contribution in [3.8, 4) is 0 Å². The zero-order valence-electron chi connectivity index (χ0n) is 7.79. The summed E-state index contributed by atoms with van der Waals surface area (Å²) in [6.45, 7) is 0. The third-order valence-corrected chi connectivity index (χ3v) is 2.24. The minimum atomic E-state index is -0.672. The van der Waals surface area contributed by atoms with Gasteiger partial charge in [0.2, 0.25) is 0 Å². The molecule has 1 heterocycles. The molecule has 15 heavy (non-hydrogen) atoms. The quantitative estimate of drug-likeness (QED) is 0.698. The minimum absolute atomic E-state index is 0.171. The molecule has 2 rings (SSSR count). The highest BCUT2D eigenvalue weighted by Crippen LogP contribution is 2.10. The maximum atomic E-state index is 13.2. The zero-order chi connectivity index (χ0) is 10.8. The van der Waals surface area contributed by atoms with Crippen LogP contribution in [0, 0.1) is 5.82 Å². The Morgan fingerprint density at radius 2 is 2.00 bits per heavy atom. The van der Waals surface area contributed by atoms with Crippen LogP contribution in [-0.4, -0.2) is 18.0 Å². The molecule has 0 bridgehead atoms. The molecule has 0 radical (unpaired) electrons. The van der Waals surface area contributed by atoms with Gasteiger partial charge in [-0.1, -0.05) is 18.2 Å². The predicted molar refractivity (Wildman–Crippen MR) is 50.6 cm³/mol. The van der Waals surface area contributed by atoms with Crippen molar-refractivity contribution in [2.45, 2.75) is 12.5 Å². The number of hydrogen-bond acceptors (Lipinski definition) is 2. The van der Waals surface area contributed by atoms with Crippen LogP contribution in [0.25, 0.3) is 0 Å². The first-order chi connectivity index (χ1) is 7.16. The van der Waals surface area contributed by atoms with E-state index in [-0.39, 0.29) is 12.2 Å². The fourth-order valence-electron chi connectivity index (χ4n) is 1.49. The van der Waals surface area contributed by atoms with Crippen molar-refractivity contribution < 1.29 is 14.0 Å². The highest BCUT2D eigenvalue weighted by molar-refractivity contribution is 6.04. The summed E-state index contributed by atoms with van der Waals surface area (Å²) in [4.78, 5) is 22.0.